The fourth-order valence-corrected chi connectivity index (χ4v) is 6.94. The van der Waals surface area contributed by atoms with Crippen molar-refractivity contribution < 1.29 is 0 Å². The van der Waals surface area contributed by atoms with E-state index in [9.17, 15) is 0 Å². The van der Waals surface area contributed by atoms with Crippen LogP contribution in [0.1, 0.15) is 83.0 Å². The van der Waals surface area contributed by atoms with E-state index in [2.05, 4.69) is 71.3 Å². The minimum Gasteiger partial charge on any atom is -0.313 e. The Balaban J connectivity index is 0.000000184. The zero-order valence-corrected chi connectivity index (χ0v) is 27.0. The first-order chi connectivity index (χ1) is 19.4. The van der Waals surface area contributed by atoms with E-state index in [1.54, 1.807) is 0 Å². The summed E-state index contributed by atoms with van der Waals surface area (Å²) in [6, 6.07) is 30.2. The summed E-state index contributed by atoms with van der Waals surface area (Å²) in [5.74, 6) is 0.816. The molecule has 0 saturated heterocycles. The highest BCUT2D eigenvalue weighted by atomic mass is 35.5. The molecule has 0 bridgehead atoms. The molecule has 216 valence electrons. The van der Waals surface area contributed by atoms with Crippen molar-refractivity contribution in [3.05, 3.63) is 138 Å². The summed E-state index contributed by atoms with van der Waals surface area (Å²) in [5, 5.41) is 9.32. The first kappa shape index (κ1) is 32.2. The Kier molecular flexibility index (Phi) is 11.5. The zero-order valence-electron chi connectivity index (χ0n) is 23.1. The molecule has 4 atom stereocenters. The lowest BCUT2D eigenvalue weighted by Crippen LogP contribution is -2.24. The number of hydrogen-bond acceptors (Lipinski definition) is 2. The second kappa shape index (κ2) is 14.6. The van der Waals surface area contributed by atoms with Gasteiger partial charge < -0.3 is 10.6 Å². The molecule has 0 aliphatic heterocycles. The number of nitrogens with one attached hydrogen (secondary N) is 2. The Bertz CT molecular complexity index is 1360. The van der Waals surface area contributed by atoms with E-state index in [1.165, 1.54) is 33.4 Å². The summed E-state index contributed by atoms with van der Waals surface area (Å²) < 4.78 is 0. The lowest BCUT2D eigenvalue weighted by Gasteiger charge is -2.32. The number of halogens is 5. The monoisotopic (exact) mass is 646 g/mol. The van der Waals surface area contributed by atoms with Gasteiger partial charge in [0.15, 0.2) is 0 Å². The fraction of sp³-hybridized carbons (Fsp3) is 0.294. The van der Waals surface area contributed by atoms with Gasteiger partial charge >= 0.3 is 0 Å². The molecule has 2 aliphatic carbocycles. The maximum Gasteiger partial charge on any atom is 0.0595 e. The quantitative estimate of drug-likeness (QED) is 0.230. The second-order valence-electron chi connectivity index (χ2n) is 10.5. The van der Waals surface area contributed by atoms with Gasteiger partial charge in [-0.1, -0.05) is 107 Å². The highest BCUT2D eigenvalue weighted by molar-refractivity contribution is 6.42. The van der Waals surface area contributed by atoms with Crippen LogP contribution in [0.2, 0.25) is 20.1 Å². The van der Waals surface area contributed by atoms with Crippen molar-refractivity contribution in [2.45, 2.75) is 49.6 Å². The molecule has 0 fully saturated rings. The number of fused-ring (bicyclic) bond motifs is 2. The molecule has 2 aliphatic rings. The van der Waals surface area contributed by atoms with E-state index in [1.807, 2.05) is 38.4 Å². The minimum absolute atomic E-state index is 0. The van der Waals surface area contributed by atoms with E-state index in [4.69, 9.17) is 46.4 Å². The van der Waals surface area contributed by atoms with E-state index in [0.29, 0.717) is 44.0 Å². The molecule has 7 heteroatoms. The Morgan fingerprint density at radius 3 is 1.20 bits per heavy atom. The van der Waals surface area contributed by atoms with E-state index in [0.717, 1.165) is 25.7 Å². The van der Waals surface area contributed by atoms with Gasteiger partial charge in [0.2, 0.25) is 0 Å². The maximum atomic E-state index is 6.17. The van der Waals surface area contributed by atoms with Crippen LogP contribution in [0.3, 0.4) is 0 Å². The molecule has 2 N–H and O–H groups in total. The molecule has 0 saturated carbocycles. The number of benzene rings is 4. The number of hydrogen-bond donors (Lipinski definition) is 2. The van der Waals surface area contributed by atoms with Gasteiger partial charge in [-0.2, -0.15) is 0 Å². The fourth-order valence-electron chi connectivity index (χ4n) is 6.33. The molecule has 0 heterocycles. The smallest absolute Gasteiger partial charge is 0.0595 e. The zero-order chi connectivity index (χ0) is 28.2. The van der Waals surface area contributed by atoms with Crippen molar-refractivity contribution in [1.82, 2.24) is 10.6 Å². The lowest BCUT2D eigenvalue weighted by atomic mass is 9.77. The average molecular weight is 649 g/mol. The predicted octanol–water partition coefficient (Wildman–Crippen LogP) is 10.8. The summed E-state index contributed by atoms with van der Waals surface area (Å²) in [6.45, 7) is 0. The van der Waals surface area contributed by atoms with E-state index in [-0.39, 0.29) is 12.4 Å². The second-order valence-corrected chi connectivity index (χ2v) is 12.2. The average Bonchev–Trinajstić information content (AvgIpc) is 2.99. The highest BCUT2D eigenvalue weighted by Crippen LogP contribution is 2.43. The minimum atomic E-state index is 0. The van der Waals surface area contributed by atoms with Crippen LogP contribution in [-0.4, -0.2) is 14.1 Å². The topological polar surface area (TPSA) is 24.1 Å². The lowest BCUT2D eigenvalue weighted by molar-refractivity contribution is 0.471. The largest absolute Gasteiger partial charge is 0.313 e. The van der Waals surface area contributed by atoms with Gasteiger partial charge in [0.25, 0.3) is 0 Å². The third-order valence-corrected chi connectivity index (χ3v) is 9.85. The first-order valence-electron chi connectivity index (χ1n) is 13.8. The van der Waals surface area contributed by atoms with Crippen LogP contribution in [0.5, 0.6) is 0 Å². The molecule has 0 spiro atoms. The molecule has 4 aromatic rings. The van der Waals surface area contributed by atoms with Crippen molar-refractivity contribution >= 4 is 58.8 Å². The summed E-state index contributed by atoms with van der Waals surface area (Å²) in [5.41, 5.74) is 8.10. The third-order valence-electron chi connectivity index (χ3n) is 8.37. The van der Waals surface area contributed by atoms with Gasteiger partial charge in [-0.15, -0.1) is 12.4 Å². The van der Waals surface area contributed by atoms with Crippen LogP contribution in [0, 0.1) is 0 Å². The van der Waals surface area contributed by atoms with Gasteiger partial charge in [-0.3, -0.25) is 0 Å². The normalized spacial score (nSPS) is 21.0. The molecule has 41 heavy (non-hydrogen) atoms. The van der Waals surface area contributed by atoms with Crippen LogP contribution in [-0.2, 0) is 0 Å². The Morgan fingerprint density at radius 2 is 0.854 bits per heavy atom. The van der Waals surface area contributed by atoms with Gasteiger partial charge in [0, 0.05) is 23.9 Å². The Labute approximate surface area is 270 Å². The summed E-state index contributed by atoms with van der Waals surface area (Å²) >= 11 is 24.4. The summed E-state index contributed by atoms with van der Waals surface area (Å²) in [4.78, 5) is 0. The molecule has 0 unspecified atom stereocenters. The van der Waals surface area contributed by atoms with Crippen LogP contribution < -0.4 is 10.6 Å². The van der Waals surface area contributed by atoms with Gasteiger partial charge in [0.1, 0.15) is 0 Å². The molecule has 2 nitrogen and oxygen atoms in total. The maximum absolute atomic E-state index is 6.17. The van der Waals surface area contributed by atoms with Crippen LogP contribution in [0.25, 0.3) is 0 Å². The van der Waals surface area contributed by atoms with E-state index >= 15 is 0 Å². The highest BCUT2D eigenvalue weighted by Gasteiger charge is 2.28. The molecule has 0 aromatic heterocycles. The van der Waals surface area contributed by atoms with Crippen molar-refractivity contribution in [3.8, 4) is 0 Å². The summed E-state index contributed by atoms with van der Waals surface area (Å²) in [6.07, 6.45) is 4.53. The molecular weight excluding hydrogens is 614 g/mol. The van der Waals surface area contributed by atoms with Crippen LogP contribution in [0.15, 0.2) is 84.9 Å². The third kappa shape index (κ3) is 7.08. The molecule has 4 aromatic carbocycles. The van der Waals surface area contributed by atoms with Crippen molar-refractivity contribution in [3.63, 3.8) is 0 Å². The molecule has 0 amide bonds. The van der Waals surface area contributed by atoms with Gasteiger partial charge in [-0.05, 0) is 97.4 Å². The molecule has 6 rings (SSSR count). The molecular formula is C34H35Cl5N2. The van der Waals surface area contributed by atoms with Gasteiger partial charge in [-0.25, -0.2) is 0 Å². The Morgan fingerprint density at radius 1 is 0.488 bits per heavy atom. The van der Waals surface area contributed by atoms with E-state index < -0.39 is 0 Å². The van der Waals surface area contributed by atoms with Crippen molar-refractivity contribution in [1.29, 1.82) is 0 Å². The first-order valence-corrected chi connectivity index (χ1v) is 15.3. The predicted molar refractivity (Wildman–Crippen MR) is 179 cm³/mol. The van der Waals surface area contributed by atoms with Crippen molar-refractivity contribution in [2.24, 2.45) is 0 Å². The van der Waals surface area contributed by atoms with Crippen LogP contribution >= 0.6 is 58.8 Å². The van der Waals surface area contributed by atoms with Crippen LogP contribution in [0.4, 0.5) is 0 Å². The standard InChI is InChI=1S/2C17H17Cl2N.ClH/c2*1-20-17-9-7-12(13-4-2-3-5-14(13)17)11-6-8-15(18)16(19)10-11;/h2*2-6,8,10,12,17,20H,7,9H2,1H3;1H/t2*12-,17-;/m00./s1. The number of rotatable bonds is 4. The van der Waals surface area contributed by atoms with Crippen molar-refractivity contribution in [2.75, 3.05) is 14.1 Å². The SMILES string of the molecule is CN[C@H]1CC[C@@H](c2ccc(Cl)c(Cl)c2)c2ccccc21.CN[C@H]1CC[C@@H](c2ccc(Cl)c(Cl)c2)c2ccccc21.Cl. The summed E-state index contributed by atoms with van der Waals surface area (Å²) in [7, 11) is 4.06. The van der Waals surface area contributed by atoms with Gasteiger partial charge in [0.05, 0.1) is 20.1 Å². The Hall–Kier alpha value is -1.75. The molecule has 0 radical (unpaired) electrons.